The number of carbonyl (C=O) groups is 1. The molecule has 0 radical (unpaired) electrons. The topological polar surface area (TPSA) is 120 Å². The minimum absolute atomic E-state index is 0.0119. The van der Waals surface area contributed by atoms with Crippen molar-refractivity contribution >= 4 is 23.5 Å². The van der Waals surface area contributed by atoms with Gasteiger partial charge in [0.15, 0.2) is 0 Å². The quantitative estimate of drug-likeness (QED) is 0.229. The van der Waals surface area contributed by atoms with E-state index in [1.54, 1.807) is 40.5 Å². The van der Waals surface area contributed by atoms with Crippen molar-refractivity contribution in [3.8, 4) is 16.9 Å². The van der Waals surface area contributed by atoms with Crippen LogP contribution in [0.15, 0.2) is 90.3 Å². The van der Waals surface area contributed by atoms with Gasteiger partial charge in [0.25, 0.3) is 11.6 Å². The van der Waals surface area contributed by atoms with E-state index in [2.05, 4.69) is 20.6 Å². The summed E-state index contributed by atoms with van der Waals surface area (Å²) in [5.74, 6) is -0.398. The number of para-hydroxylation sites is 1. The molecule has 3 aromatic heterocycles. The fraction of sp³-hybridized carbons (Fsp3) is 0.0400. The van der Waals surface area contributed by atoms with Crippen LogP contribution in [0.1, 0.15) is 21.7 Å². The molecule has 0 aliphatic carbocycles. The molecule has 0 spiro atoms. The van der Waals surface area contributed by atoms with Crippen LogP contribution in [0.4, 0.5) is 5.69 Å². The molecule has 1 N–H and O–H groups in total. The molecular weight excluding hydrogens is 446 g/mol. The second-order valence-corrected chi connectivity index (χ2v) is 7.69. The summed E-state index contributed by atoms with van der Waals surface area (Å²) in [6, 6.07) is 21.1. The summed E-state index contributed by atoms with van der Waals surface area (Å²) in [5, 5.41) is 19.8. The molecule has 10 heteroatoms. The number of rotatable bonds is 6. The van der Waals surface area contributed by atoms with E-state index in [1.165, 1.54) is 18.3 Å². The summed E-state index contributed by atoms with van der Waals surface area (Å²) in [4.78, 5) is 27.8. The van der Waals surface area contributed by atoms with Gasteiger partial charge in [-0.1, -0.05) is 24.3 Å². The first-order valence-electron chi connectivity index (χ1n) is 10.7. The van der Waals surface area contributed by atoms with Crippen LogP contribution in [0.2, 0.25) is 0 Å². The number of nitro benzene ring substituents is 1. The Bertz CT molecular complexity index is 1570. The number of imidazole rings is 1. The van der Waals surface area contributed by atoms with Crippen molar-refractivity contribution in [2.24, 2.45) is 5.10 Å². The normalized spacial score (nSPS) is 11.2. The Balaban J connectivity index is 1.47. The Morgan fingerprint density at radius 2 is 1.80 bits per heavy atom. The van der Waals surface area contributed by atoms with Gasteiger partial charge in [-0.2, -0.15) is 10.2 Å². The molecule has 10 nitrogen and oxygen atoms in total. The fourth-order valence-electron chi connectivity index (χ4n) is 3.76. The highest BCUT2D eigenvalue weighted by Gasteiger charge is 2.16. The van der Waals surface area contributed by atoms with Gasteiger partial charge < -0.3 is 0 Å². The second-order valence-electron chi connectivity index (χ2n) is 7.69. The maximum atomic E-state index is 12.8. The van der Waals surface area contributed by atoms with Gasteiger partial charge in [0, 0.05) is 35.7 Å². The van der Waals surface area contributed by atoms with Crippen LogP contribution in [0.3, 0.4) is 0 Å². The Kier molecular flexibility index (Phi) is 5.60. The molecule has 35 heavy (non-hydrogen) atoms. The number of amides is 1. The molecule has 0 bridgehead atoms. The zero-order chi connectivity index (χ0) is 24.4. The van der Waals surface area contributed by atoms with Crippen LogP contribution in [-0.2, 0) is 0 Å². The molecule has 5 rings (SSSR count). The highest BCUT2D eigenvalue weighted by molar-refractivity contribution is 5.96. The standard InChI is InChI=1S/C25H19N7O3/c1-17-24(30-14-6-5-9-22(30)27-17)25(33)28-26-15-19-16-31(20-7-3-2-4-8-20)29-23(19)18-10-12-21(13-11-18)32(34)35/h2-16H,1H3,(H,28,33)/b26-15-. The van der Waals surface area contributed by atoms with E-state index < -0.39 is 10.8 Å². The van der Waals surface area contributed by atoms with Crippen LogP contribution in [-0.4, -0.2) is 36.2 Å². The van der Waals surface area contributed by atoms with Crippen molar-refractivity contribution in [3.05, 3.63) is 112 Å². The van der Waals surface area contributed by atoms with Crippen LogP contribution < -0.4 is 5.43 Å². The third-order valence-corrected chi connectivity index (χ3v) is 5.40. The molecule has 3 heterocycles. The van der Waals surface area contributed by atoms with Crippen LogP contribution >= 0.6 is 0 Å². The van der Waals surface area contributed by atoms with Crippen molar-refractivity contribution in [3.63, 3.8) is 0 Å². The molecule has 0 atom stereocenters. The molecule has 0 unspecified atom stereocenters. The smallest absolute Gasteiger partial charge is 0.290 e. The molecule has 2 aromatic carbocycles. The number of hydrazone groups is 1. The SMILES string of the molecule is Cc1nc2ccccn2c1C(=O)N/N=C\c1cn(-c2ccccc2)nc1-c1ccc([N+](=O)[O-])cc1. The van der Waals surface area contributed by atoms with Gasteiger partial charge >= 0.3 is 0 Å². The third kappa shape index (κ3) is 4.27. The molecule has 0 aliphatic rings. The lowest BCUT2D eigenvalue weighted by Crippen LogP contribution is -2.20. The van der Waals surface area contributed by atoms with Gasteiger partial charge in [-0.25, -0.2) is 15.1 Å². The lowest BCUT2D eigenvalue weighted by molar-refractivity contribution is -0.384. The number of non-ortho nitro benzene ring substituents is 1. The average Bonchev–Trinajstić information content (AvgIpc) is 3.45. The minimum Gasteiger partial charge on any atom is -0.295 e. The predicted molar refractivity (Wildman–Crippen MR) is 131 cm³/mol. The molecule has 5 aromatic rings. The predicted octanol–water partition coefficient (Wildman–Crippen LogP) is 4.17. The van der Waals surface area contributed by atoms with Crippen LogP contribution in [0.5, 0.6) is 0 Å². The number of benzene rings is 2. The Hall–Kier alpha value is -5.12. The Morgan fingerprint density at radius 3 is 2.54 bits per heavy atom. The number of nitrogens with one attached hydrogen (secondary N) is 1. The van der Waals surface area contributed by atoms with E-state index in [9.17, 15) is 14.9 Å². The van der Waals surface area contributed by atoms with Crippen LogP contribution in [0, 0.1) is 17.0 Å². The number of hydrogen-bond acceptors (Lipinski definition) is 6. The average molecular weight is 465 g/mol. The first-order chi connectivity index (χ1) is 17.0. The van der Waals surface area contributed by atoms with Gasteiger partial charge in [-0.15, -0.1) is 0 Å². The fourth-order valence-corrected chi connectivity index (χ4v) is 3.76. The monoisotopic (exact) mass is 465 g/mol. The first kappa shape index (κ1) is 21.7. The summed E-state index contributed by atoms with van der Waals surface area (Å²) in [6.07, 6.45) is 5.05. The second kappa shape index (κ2) is 9.02. The number of nitrogens with zero attached hydrogens (tertiary/aromatic N) is 6. The van der Waals surface area contributed by atoms with E-state index in [0.29, 0.717) is 33.9 Å². The summed E-state index contributed by atoms with van der Waals surface area (Å²) in [6.45, 7) is 1.77. The minimum atomic E-state index is -0.452. The zero-order valence-corrected chi connectivity index (χ0v) is 18.6. The Morgan fingerprint density at radius 1 is 1.06 bits per heavy atom. The number of aromatic nitrogens is 4. The van der Waals surface area contributed by atoms with E-state index in [1.807, 2.05) is 48.5 Å². The van der Waals surface area contributed by atoms with Crippen molar-refractivity contribution in [1.82, 2.24) is 24.6 Å². The largest absolute Gasteiger partial charge is 0.295 e. The number of pyridine rings is 1. The summed E-state index contributed by atoms with van der Waals surface area (Å²) >= 11 is 0. The Labute approximate surface area is 199 Å². The highest BCUT2D eigenvalue weighted by atomic mass is 16.6. The zero-order valence-electron chi connectivity index (χ0n) is 18.6. The maximum absolute atomic E-state index is 12.8. The summed E-state index contributed by atoms with van der Waals surface area (Å²) < 4.78 is 3.39. The van der Waals surface area contributed by atoms with E-state index >= 15 is 0 Å². The van der Waals surface area contributed by atoms with E-state index in [0.717, 1.165) is 5.69 Å². The van der Waals surface area contributed by atoms with Crippen LogP contribution in [0.25, 0.3) is 22.6 Å². The summed E-state index contributed by atoms with van der Waals surface area (Å²) in [5.41, 5.74) is 6.90. The number of hydrogen-bond donors (Lipinski definition) is 1. The van der Waals surface area contributed by atoms with Gasteiger partial charge in [-0.3, -0.25) is 19.3 Å². The molecule has 0 fully saturated rings. The van der Waals surface area contributed by atoms with Gasteiger partial charge in [-0.05, 0) is 43.3 Å². The van der Waals surface area contributed by atoms with E-state index in [4.69, 9.17) is 0 Å². The molecule has 0 saturated heterocycles. The third-order valence-electron chi connectivity index (χ3n) is 5.40. The van der Waals surface area contributed by atoms with Crippen molar-refractivity contribution in [1.29, 1.82) is 0 Å². The molecule has 172 valence electrons. The molecular formula is C25H19N7O3. The van der Waals surface area contributed by atoms with E-state index in [-0.39, 0.29) is 5.69 Å². The van der Waals surface area contributed by atoms with Gasteiger partial charge in [0.05, 0.1) is 22.5 Å². The number of aryl methyl sites for hydroxylation is 1. The lowest BCUT2D eigenvalue weighted by atomic mass is 10.1. The van der Waals surface area contributed by atoms with Crippen molar-refractivity contribution < 1.29 is 9.72 Å². The number of nitro groups is 1. The maximum Gasteiger partial charge on any atom is 0.290 e. The van der Waals surface area contributed by atoms with Gasteiger partial charge in [0.2, 0.25) is 0 Å². The first-order valence-corrected chi connectivity index (χ1v) is 10.7. The molecule has 1 amide bonds. The van der Waals surface area contributed by atoms with Crippen molar-refractivity contribution in [2.75, 3.05) is 0 Å². The lowest BCUT2D eigenvalue weighted by Gasteiger charge is -2.02. The molecule has 0 aliphatic heterocycles. The van der Waals surface area contributed by atoms with Gasteiger partial charge in [0.1, 0.15) is 17.0 Å². The van der Waals surface area contributed by atoms with Crippen molar-refractivity contribution in [2.45, 2.75) is 6.92 Å². The highest BCUT2D eigenvalue weighted by Crippen LogP contribution is 2.25. The molecule has 0 saturated carbocycles. The number of fused-ring (bicyclic) bond motifs is 1. The number of carbonyl (C=O) groups excluding carboxylic acids is 1. The summed E-state index contributed by atoms with van der Waals surface area (Å²) in [7, 11) is 0.